The zero-order valence-electron chi connectivity index (χ0n) is 9.77. The number of hydrogen-bond acceptors (Lipinski definition) is 2. The molecule has 1 N–H and O–H groups in total. The standard InChI is InChI=1S/C14H17NO/c1-11-9-7-5-4-6-8-10-13(16)14(11)12(2)15-3/h4-5,7-10,16H,1,6H2,2-3H3/b5-4-,9-7-,10-8-,14-13-,15-12+. The van der Waals surface area contributed by atoms with Crippen LogP contribution in [0.4, 0.5) is 0 Å². The maximum absolute atomic E-state index is 9.96. The Morgan fingerprint density at radius 2 is 2.06 bits per heavy atom. The van der Waals surface area contributed by atoms with Gasteiger partial charge in [-0.15, -0.1) is 0 Å². The number of allylic oxidation sites excluding steroid dienone is 8. The Hall–Kier alpha value is -1.83. The molecule has 0 radical (unpaired) electrons. The first-order valence-corrected chi connectivity index (χ1v) is 5.23. The minimum absolute atomic E-state index is 0.216. The SMILES string of the molecule is C=C1/C=C\C=C/C\C=C/C(O)=C1/C(C)=N/C. The zero-order valence-corrected chi connectivity index (χ0v) is 9.77. The van der Waals surface area contributed by atoms with Crippen molar-refractivity contribution in [3.8, 4) is 0 Å². The van der Waals surface area contributed by atoms with Gasteiger partial charge < -0.3 is 5.11 Å². The van der Waals surface area contributed by atoms with Gasteiger partial charge in [0, 0.05) is 18.3 Å². The van der Waals surface area contributed by atoms with Crippen LogP contribution in [0.5, 0.6) is 0 Å². The van der Waals surface area contributed by atoms with Gasteiger partial charge in [-0.2, -0.15) is 0 Å². The third-order valence-electron chi connectivity index (χ3n) is 2.37. The van der Waals surface area contributed by atoms with E-state index < -0.39 is 0 Å². The average molecular weight is 215 g/mol. The molecule has 0 amide bonds. The Morgan fingerprint density at radius 3 is 2.75 bits per heavy atom. The van der Waals surface area contributed by atoms with E-state index in [1.807, 2.05) is 37.3 Å². The summed E-state index contributed by atoms with van der Waals surface area (Å²) < 4.78 is 0. The smallest absolute Gasteiger partial charge is 0.124 e. The molecule has 16 heavy (non-hydrogen) atoms. The van der Waals surface area contributed by atoms with Crippen molar-refractivity contribution in [1.29, 1.82) is 0 Å². The number of aliphatic hydroxyl groups is 1. The molecule has 0 aliphatic heterocycles. The van der Waals surface area contributed by atoms with Gasteiger partial charge in [-0.1, -0.05) is 37.0 Å². The Kier molecular flexibility index (Phi) is 4.52. The topological polar surface area (TPSA) is 32.6 Å². The molecule has 0 heterocycles. The van der Waals surface area contributed by atoms with Crippen LogP contribution in [0.2, 0.25) is 0 Å². The Bertz CT molecular complexity index is 420. The van der Waals surface area contributed by atoms with Crippen molar-refractivity contribution in [3.05, 3.63) is 59.9 Å². The van der Waals surface area contributed by atoms with Crippen molar-refractivity contribution in [3.63, 3.8) is 0 Å². The number of hydrogen-bond donors (Lipinski definition) is 1. The number of aliphatic hydroxyl groups excluding tert-OH is 1. The van der Waals surface area contributed by atoms with E-state index in [4.69, 9.17) is 0 Å². The summed E-state index contributed by atoms with van der Waals surface area (Å²) in [5.74, 6) is 0.216. The molecule has 1 aliphatic carbocycles. The van der Waals surface area contributed by atoms with E-state index in [-0.39, 0.29) is 5.76 Å². The van der Waals surface area contributed by atoms with Crippen molar-refractivity contribution >= 4 is 5.71 Å². The third-order valence-corrected chi connectivity index (χ3v) is 2.37. The van der Waals surface area contributed by atoms with Gasteiger partial charge in [-0.25, -0.2) is 0 Å². The molecule has 0 unspecified atom stereocenters. The number of rotatable bonds is 1. The quantitative estimate of drug-likeness (QED) is 0.667. The molecule has 0 fully saturated rings. The summed E-state index contributed by atoms with van der Waals surface area (Å²) in [5, 5.41) is 9.96. The second kappa shape index (κ2) is 5.91. The lowest BCUT2D eigenvalue weighted by atomic mass is 10.0. The molecule has 0 bridgehead atoms. The van der Waals surface area contributed by atoms with Crippen LogP contribution in [-0.4, -0.2) is 17.9 Å². The highest BCUT2D eigenvalue weighted by Crippen LogP contribution is 2.17. The first kappa shape index (κ1) is 12.2. The molecule has 1 rings (SSSR count). The molecule has 0 aromatic rings. The lowest BCUT2D eigenvalue weighted by Gasteiger charge is -2.09. The molecule has 2 nitrogen and oxygen atoms in total. The average Bonchev–Trinajstić information content (AvgIpc) is 2.27. The van der Waals surface area contributed by atoms with Gasteiger partial charge in [0.05, 0.1) is 0 Å². The predicted octanol–water partition coefficient (Wildman–Crippen LogP) is 3.52. The van der Waals surface area contributed by atoms with Crippen molar-refractivity contribution in [2.75, 3.05) is 7.05 Å². The van der Waals surface area contributed by atoms with Crippen LogP contribution in [0.3, 0.4) is 0 Å². The fourth-order valence-corrected chi connectivity index (χ4v) is 1.45. The second-order valence-corrected chi connectivity index (χ2v) is 3.52. The van der Waals surface area contributed by atoms with Crippen molar-refractivity contribution in [2.45, 2.75) is 13.3 Å². The molecule has 0 atom stereocenters. The van der Waals surface area contributed by atoms with Crippen LogP contribution >= 0.6 is 0 Å². The summed E-state index contributed by atoms with van der Waals surface area (Å²) in [6, 6.07) is 0. The summed E-state index contributed by atoms with van der Waals surface area (Å²) in [7, 11) is 1.70. The fourth-order valence-electron chi connectivity index (χ4n) is 1.45. The lowest BCUT2D eigenvalue weighted by Crippen LogP contribution is -2.03. The minimum atomic E-state index is 0.216. The molecular weight excluding hydrogens is 198 g/mol. The number of nitrogens with zero attached hydrogens (tertiary/aromatic N) is 1. The van der Waals surface area contributed by atoms with Crippen LogP contribution in [0.25, 0.3) is 0 Å². The molecule has 1 aliphatic rings. The highest BCUT2D eigenvalue weighted by molar-refractivity contribution is 6.03. The maximum atomic E-state index is 9.96. The van der Waals surface area contributed by atoms with Gasteiger partial charge in [0.25, 0.3) is 0 Å². The first-order chi connectivity index (χ1) is 7.66. The van der Waals surface area contributed by atoms with Crippen LogP contribution in [-0.2, 0) is 0 Å². The van der Waals surface area contributed by atoms with E-state index >= 15 is 0 Å². The first-order valence-electron chi connectivity index (χ1n) is 5.23. The lowest BCUT2D eigenvalue weighted by molar-refractivity contribution is 0.429. The second-order valence-electron chi connectivity index (χ2n) is 3.52. The monoisotopic (exact) mass is 215 g/mol. The van der Waals surface area contributed by atoms with E-state index in [0.717, 1.165) is 17.7 Å². The normalized spacial score (nSPS) is 28.6. The van der Waals surface area contributed by atoms with E-state index in [1.54, 1.807) is 13.1 Å². The molecule has 2 heteroatoms. The van der Waals surface area contributed by atoms with E-state index in [9.17, 15) is 5.11 Å². The van der Waals surface area contributed by atoms with Crippen LogP contribution in [0.15, 0.2) is 64.9 Å². The van der Waals surface area contributed by atoms with Gasteiger partial charge in [0.2, 0.25) is 0 Å². The van der Waals surface area contributed by atoms with Crippen molar-refractivity contribution < 1.29 is 5.11 Å². The van der Waals surface area contributed by atoms with Gasteiger partial charge in [-0.3, -0.25) is 4.99 Å². The highest BCUT2D eigenvalue weighted by atomic mass is 16.3. The maximum Gasteiger partial charge on any atom is 0.124 e. The molecule has 0 spiro atoms. The Balaban J connectivity index is 3.22. The van der Waals surface area contributed by atoms with Crippen molar-refractivity contribution in [1.82, 2.24) is 0 Å². The van der Waals surface area contributed by atoms with Crippen LogP contribution < -0.4 is 0 Å². The molecule has 0 saturated carbocycles. The molecule has 0 aromatic heterocycles. The minimum Gasteiger partial charge on any atom is -0.507 e. The molecule has 0 aromatic carbocycles. The summed E-state index contributed by atoms with van der Waals surface area (Å²) >= 11 is 0. The van der Waals surface area contributed by atoms with Gasteiger partial charge in [0.15, 0.2) is 0 Å². The van der Waals surface area contributed by atoms with Crippen LogP contribution in [0.1, 0.15) is 13.3 Å². The summed E-state index contributed by atoms with van der Waals surface area (Å²) in [5.41, 5.74) is 2.24. The molecule has 0 saturated heterocycles. The predicted molar refractivity (Wildman–Crippen MR) is 69.9 cm³/mol. The Morgan fingerprint density at radius 1 is 1.31 bits per heavy atom. The van der Waals surface area contributed by atoms with E-state index in [0.29, 0.717) is 5.57 Å². The molecular formula is C14H17NO. The summed E-state index contributed by atoms with van der Waals surface area (Å²) in [6.07, 6.45) is 12.2. The largest absolute Gasteiger partial charge is 0.507 e. The van der Waals surface area contributed by atoms with E-state index in [2.05, 4.69) is 11.6 Å². The fraction of sp³-hybridized carbons (Fsp3) is 0.214. The van der Waals surface area contributed by atoms with Gasteiger partial charge >= 0.3 is 0 Å². The van der Waals surface area contributed by atoms with Gasteiger partial charge in [-0.05, 0) is 25.0 Å². The number of aliphatic imine (C=N–C) groups is 1. The molecule has 84 valence electrons. The Labute approximate surface area is 96.7 Å². The van der Waals surface area contributed by atoms with E-state index in [1.165, 1.54) is 0 Å². The van der Waals surface area contributed by atoms with Crippen molar-refractivity contribution in [2.24, 2.45) is 4.99 Å². The zero-order chi connectivity index (χ0) is 12.0. The highest BCUT2D eigenvalue weighted by Gasteiger charge is 2.09. The van der Waals surface area contributed by atoms with Crippen LogP contribution in [0, 0.1) is 0 Å². The summed E-state index contributed by atoms with van der Waals surface area (Å²) in [6.45, 7) is 5.80. The third kappa shape index (κ3) is 3.09. The summed E-state index contributed by atoms with van der Waals surface area (Å²) in [4.78, 5) is 4.09. The van der Waals surface area contributed by atoms with Gasteiger partial charge in [0.1, 0.15) is 5.76 Å².